The Morgan fingerprint density at radius 2 is 1.85 bits per heavy atom. The van der Waals surface area contributed by atoms with Crippen molar-refractivity contribution in [1.82, 2.24) is 29.9 Å². The Labute approximate surface area is 209 Å². The molecule has 2 atom stereocenters. The van der Waals surface area contributed by atoms with Crippen LogP contribution in [0.3, 0.4) is 0 Å². The molecule has 12 heteroatoms. The Hall–Kier alpha value is -3.29. The van der Waals surface area contributed by atoms with Gasteiger partial charge in [-0.25, -0.2) is 9.78 Å². The van der Waals surface area contributed by atoms with Crippen LogP contribution in [0, 0.1) is 3.57 Å². The van der Waals surface area contributed by atoms with Crippen LogP contribution in [0.15, 0.2) is 36.8 Å². The van der Waals surface area contributed by atoms with E-state index in [1.165, 1.54) is 31.4 Å². The van der Waals surface area contributed by atoms with Crippen molar-refractivity contribution in [3.8, 4) is 17.6 Å². The van der Waals surface area contributed by atoms with Crippen molar-refractivity contribution in [2.45, 2.75) is 31.9 Å². The summed E-state index contributed by atoms with van der Waals surface area (Å²) >= 11 is 2.04. The lowest BCUT2D eigenvalue weighted by Crippen LogP contribution is -2.49. The minimum absolute atomic E-state index is 0.0307. The summed E-state index contributed by atoms with van der Waals surface area (Å²) in [6.07, 6.45) is 5.66. The molecule has 0 saturated carbocycles. The van der Waals surface area contributed by atoms with Gasteiger partial charge in [-0.3, -0.25) is 4.79 Å². The minimum atomic E-state index is -0.523. The molecule has 1 saturated heterocycles. The van der Waals surface area contributed by atoms with Crippen LogP contribution in [0.5, 0.6) is 11.8 Å². The van der Waals surface area contributed by atoms with Crippen molar-refractivity contribution in [1.29, 1.82) is 0 Å². The number of halogens is 1. The number of pyridine rings is 2. The third kappa shape index (κ3) is 4.81. The number of likely N-dealkylation sites (tertiary alicyclic amines) is 1. The van der Waals surface area contributed by atoms with E-state index in [-0.39, 0.29) is 35.3 Å². The lowest BCUT2D eigenvalue weighted by atomic mass is 10.00. The molecule has 0 spiro atoms. The van der Waals surface area contributed by atoms with E-state index in [0.29, 0.717) is 34.4 Å². The molecule has 0 N–H and O–H groups in total. The van der Waals surface area contributed by atoms with Crippen LogP contribution in [0.25, 0.3) is 5.82 Å². The van der Waals surface area contributed by atoms with Gasteiger partial charge < -0.3 is 19.1 Å². The number of amides is 1. The second kappa shape index (κ2) is 10.3. The van der Waals surface area contributed by atoms with E-state index in [4.69, 9.17) is 14.2 Å². The average molecular weight is 578 g/mol. The fourth-order valence-corrected chi connectivity index (χ4v) is 4.36. The highest BCUT2D eigenvalue weighted by Crippen LogP contribution is 2.28. The highest BCUT2D eigenvalue weighted by Gasteiger charge is 2.33. The smallest absolute Gasteiger partial charge is 0.344 e. The maximum atomic E-state index is 13.6. The zero-order valence-electron chi connectivity index (χ0n) is 18.8. The minimum Gasteiger partial charge on any atom is -0.481 e. The first kappa shape index (κ1) is 23.9. The van der Waals surface area contributed by atoms with Gasteiger partial charge >= 0.3 is 5.97 Å². The number of carbonyl (C=O) groups excluding carboxylic acids is 2. The summed E-state index contributed by atoms with van der Waals surface area (Å²) < 4.78 is 16.9. The zero-order chi connectivity index (χ0) is 24.2. The van der Waals surface area contributed by atoms with Crippen molar-refractivity contribution in [2.75, 3.05) is 20.8 Å². The van der Waals surface area contributed by atoms with E-state index in [0.717, 1.165) is 0 Å². The number of methoxy groups -OCH3 is 2. The molecule has 1 aliphatic heterocycles. The van der Waals surface area contributed by atoms with Gasteiger partial charge in [0.05, 0.1) is 38.7 Å². The van der Waals surface area contributed by atoms with Crippen molar-refractivity contribution in [3.05, 3.63) is 51.5 Å². The second-order valence-electron chi connectivity index (χ2n) is 7.63. The molecule has 0 unspecified atom stereocenters. The van der Waals surface area contributed by atoms with Crippen LogP contribution < -0.4 is 9.47 Å². The van der Waals surface area contributed by atoms with Gasteiger partial charge in [0.2, 0.25) is 11.8 Å². The topological polar surface area (TPSA) is 122 Å². The number of ether oxygens (including phenoxy) is 3. The Balaban J connectivity index is 1.60. The molecule has 0 radical (unpaired) electrons. The standard InChI is InChI=1S/C22H23IN6O5/c1-13-4-5-14(34-20-18(22(31)33-3)16(23)8-9-24-20)12-28(13)21(30)15-6-7-17(32-2)27-19(15)29-25-10-11-26-29/h6-11,13-14H,4-5,12H2,1-3H3/t13-,14-/m1/s1. The van der Waals surface area contributed by atoms with E-state index >= 15 is 0 Å². The molecular weight excluding hydrogens is 555 g/mol. The fraction of sp³-hybridized carbons (Fsp3) is 0.364. The fourth-order valence-electron chi connectivity index (χ4n) is 3.75. The number of piperidine rings is 1. The van der Waals surface area contributed by atoms with Crippen molar-refractivity contribution < 1.29 is 23.8 Å². The Bertz CT molecular complexity index is 1190. The van der Waals surface area contributed by atoms with Crippen LogP contribution in [-0.2, 0) is 4.74 Å². The summed E-state index contributed by atoms with van der Waals surface area (Å²) in [6, 6.07) is 4.96. The van der Waals surface area contributed by atoms with E-state index in [1.807, 2.05) is 29.5 Å². The summed E-state index contributed by atoms with van der Waals surface area (Å²) in [5.41, 5.74) is 0.612. The van der Waals surface area contributed by atoms with Crippen LogP contribution in [0.2, 0.25) is 0 Å². The molecule has 3 aromatic heterocycles. The van der Waals surface area contributed by atoms with Gasteiger partial charge in [0, 0.05) is 21.9 Å². The molecule has 11 nitrogen and oxygen atoms in total. The number of hydrogen-bond donors (Lipinski definition) is 0. The number of hydrogen-bond acceptors (Lipinski definition) is 9. The lowest BCUT2D eigenvalue weighted by molar-refractivity contribution is 0.0358. The molecular formula is C22H23IN6O5. The highest BCUT2D eigenvalue weighted by atomic mass is 127. The Kier molecular flexibility index (Phi) is 7.24. The molecule has 0 aromatic carbocycles. The molecule has 4 heterocycles. The Morgan fingerprint density at radius 3 is 2.56 bits per heavy atom. The van der Waals surface area contributed by atoms with E-state index in [9.17, 15) is 9.59 Å². The van der Waals surface area contributed by atoms with E-state index in [2.05, 4.69) is 20.2 Å². The quantitative estimate of drug-likeness (QED) is 0.321. The molecule has 3 aromatic rings. The molecule has 178 valence electrons. The summed E-state index contributed by atoms with van der Waals surface area (Å²) in [4.78, 5) is 37.5. The highest BCUT2D eigenvalue weighted by molar-refractivity contribution is 14.1. The normalized spacial score (nSPS) is 17.8. The molecule has 0 bridgehead atoms. The van der Waals surface area contributed by atoms with Gasteiger partial charge in [-0.05, 0) is 54.5 Å². The van der Waals surface area contributed by atoms with Crippen LogP contribution in [0.4, 0.5) is 0 Å². The monoisotopic (exact) mass is 578 g/mol. The average Bonchev–Trinajstić information content (AvgIpc) is 3.39. The van der Waals surface area contributed by atoms with Gasteiger partial charge in [0.1, 0.15) is 11.7 Å². The van der Waals surface area contributed by atoms with Gasteiger partial charge in [-0.15, -0.1) is 4.80 Å². The van der Waals surface area contributed by atoms with E-state index in [1.54, 1.807) is 29.3 Å². The molecule has 4 rings (SSSR count). The van der Waals surface area contributed by atoms with Crippen LogP contribution in [0.1, 0.15) is 40.5 Å². The number of rotatable bonds is 6. The van der Waals surface area contributed by atoms with Gasteiger partial charge in [-0.1, -0.05) is 0 Å². The number of carbonyl (C=O) groups is 2. The Morgan fingerprint density at radius 1 is 1.09 bits per heavy atom. The van der Waals surface area contributed by atoms with Gasteiger partial charge in [0.15, 0.2) is 5.82 Å². The van der Waals surface area contributed by atoms with Gasteiger partial charge in [-0.2, -0.15) is 15.2 Å². The maximum Gasteiger partial charge on any atom is 0.344 e. The van der Waals surface area contributed by atoms with Crippen molar-refractivity contribution in [3.63, 3.8) is 0 Å². The van der Waals surface area contributed by atoms with E-state index < -0.39 is 5.97 Å². The molecule has 1 fully saturated rings. The SMILES string of the molecule is COC(=O)c1c(I)ccnc1O[C@@H]1CC[C@@H](C)N(C(=O)c2ccc(OC)nc2-n2nccn2)C1. The summed E-state index contributed by atoms with van der Waals surface area (Å²) in [5, 5.41) is 8.24. The summed E-state index contributed by atoms with van der Waals surface area (Å²) in [6.45, 7) is 2.30. The first-order valence-electron chi connectivity index (χ1n) is 10.5. The second-order valence-corrected chi connectivity index (χ2v) is 8.79. The molecule has 0 aliphatic carbocycles. The number of aromatic nitrogens is 5. The van der Waals surface area contributed by atoms with Crippen molar-refractivity contribution in [2.24, 2.45) is 0 Å². The van der Waals surface area contributed by atoms with Crippen molar-refractivity contribution >= 4 is 34.5 Å². The number of esters is 1. The zero-order valence-corrected chi connectivity index (χ0v) is 21.0. The third-order valence-electron chi connectivity index (χ3n) is 5.53. The molecule has 34 heavy (non-hydrogen) atoms. The van der Waals surface area contributed by atoms with Crippen LogP contribution in [-0.4, -0.2) is 74.6 Å². The molecule has 1 aliphatic rings. The van der Waals surface area contributed by atoms with Gasteiger partial charge in [0.25, 0.3) is 5.91 Å². The lowest BCUT2D eigenvalue weighted by Gasteiger charge is -2.38. The first-order valence-corrected chi connectivity index (χ1v) is 11.6. The molecule has 1 amide bonds. The summed E-state index contributed by atoms with van der Waals surface area (Å²) in [7, 11) is 2.81. The predicted octanol–water partition coefficient (Wildman–Crippen LogP) is 2.53. The largest absolute Gasteiger partial charge is 0.481 e. The summed E-state index contributed by atoms with van der Waals surface area (Å²) in [5.74, 6) is 0.0595. The third-order valence-corrected chi connectivity index (χ3v) is 6.43. The maximum absolute atomic E-state index is 13.6. The predicted molar refractivity (Wildman–Crippen MR) is 128 cm³/mol. The number of nitrogens with zero attached hydrogens (tertiary/aromatic N) is 6. The first-order chi connectivity index (χ1) is 16.4. The van der Waals surface area contributed by atoms with Crippen LogP contribution >= 0.6 is 22.6 Å².